The van der Waals surface area contributed by atoms with Gasteiger partial charge in [0, 0.05) is 11.1 Å². The summed E-state index contributed by atoms with van der Waals surface area (Å²) in [6, 6.07) is 39.4. The Morgan fingerprint density at radius 1 is 0.639 bits per heavy atom. The number of rotatable bonds is 8. The van der Waals surface area contributed by atoms with Gasteiger partial charge in [-0.1, -0.05) is 123 Å². The first kappa shape index (κ1) is 23.8. The van der Waals surface area contributed by atoms with Crippen molar-refractivity contribution in [1.29, 1.82) is 0 Å². The van der Waals surface area contributed by atoms with Crippen LogP contribution in [0.4, 0.5) is 0 Å². The van der Waals surface area contributed by atoms with Gasteiger partial charge in [0.25, 0.3) is 5.82 Å². The van der Waals surface area contributed by atoms with Crippen LogP contribution in [0.5, 0.6) is 0 Å². The van der Waals surface area contributed by atoms with E-state index in [-0.39, 0.29) is 0 Å². The van der Waals surface area contributed by atoms with Gasteiger partial charge < -0.3 is 0 Å². The van der Waals surface area contributed by atoms with Crippen molar-refractivity contribution in [3.8, 4) is 33.9 Å². The lowest BCUT2D eigenvalue weighted by atomic mass is 10.0. The van der Waals surface area contributed by atoms with E-state index < -0.39 is 0 Å². The van der Waals surface area contributed by atoms with Gasteiger partial charge in [-0.15, -0.1) is 0 Å². The molecule has 36 heavy (non-hydrogen) atoms. The molecule has 5 aromatic rings. The number of aryl methyl sites for hydroxylation is 2. The van der Waals surface area contributed by atoms with Crippen LogP contribution in [0, 0.1) is 13.8 Å². The van der Waals surface area contributed by atoms with Crippen molar-refractivity contribution in [3.63, 3.8) is 0 Å². The molecule has 0 saturated carbocycles. The molecular weight excluding hydrogens is 436 g/mol. The average Bonchev–Trinajstić information content (AvgIpc) is 3.22. The largest absolute Gasteiger partial charge is 0.290 e. The van der Waals surface area contributed by atoms with Crippen molar-refractivity contribution in [2.24, 2.45) is 0 Å². The summed E-state index contributed by atoms with van der Waals surface area (Å²) < 4.78 is 5.16. The van der Waals surface area contributed by atoms with Crippen LogP contribution < -0.4 is 4.57 Å². The van der Waals surface area contributed by atoms with Gasteiger partial charge in [-0.25, -0.2) is 9.13 Å². The summed E-state index contributed by atoms with van der Waals surface area (Å²) in [4.78, 5) is 0. The molecule has 0 N–H and O–H groups in total. The maximum Gasteiger partial charge on any atom is 0.290 e. The van der Waals surface area contributed by atoms with Gasteiger partial charge in [-0.05, 0) is 37.0 Å². The third-order valence-electron chi connectivity index (χ3n) is 6.99. The molecule has 5 rings (SSSR count). The number of aromatic nitrogens is 2. The van der Waals surface area contributed by atoms with Crippen molar-refractivity contribution < 1.29 is 4.57 Å². The van der Waals surface area contributed by atoms with Gasteiger partial charge in [0.2, 0.25) is 0 Å². The van der Waals surface area contributed by atoms with Crippen LogP contribution in [0.2, 0.25) is 0 Å². The molecule has 0 bridgehead atoms. The molecular formula is C34H35N2+. The van der Waals surface area contributed by atoms with Gasteiger partial charge in [0.1, 0.15) is 6.54 Å². The number of imidazole rings is 1. The fourth-order valence-corrected chi connectivity index (χ4v) is 5.28. The van der Waals surface area contributed by atoms with Crippen molar-refractivity contribution in [2.75, 3.05) is 0 Å². The van der Waals surface area contributed by atoms with Crippen LogP contribution in [-0.4, -0.2) is 4.57 Å². The lowest BCUT2D eigenvalue weighted by Crippen LogP contribution is -2.38. The Kier molecular flexibility index (Phi) is 7.13. The zero-order valence-corrected chi connectivity index (χ0v) is 21.6. The van der Waals surface area contributed by atoms with Crippen LogP contribution in [0.1, 0.15) is 36.5 Å². The molecule has 1 aromatic heterocycles. The standard InChI is InChI=1S/C34H35N2/c1-4-5-24-35-32(29-20-11-7-12-21-29)33(30-22-13-8-14-23-30)36(25-28-18-9-6-10-19-28)34(35)31-26(2)16-15-17-27(31)3/h6-23H,4-5,24-25H2,1-3H3/q+1. The SMILES string of the molecule is CCCCn1c(-c2ccccc2)c(-c2ccccc2)[n+](Cc2ccccc2)c1-c1c(C)cccc1C. The van der Waals surface area contributed by atoms with Crippen LogP contribution in [0.3, 0.4) is 0 Å². The second kappa shape index (κ2) is 10.8. The Labute approximate surface area is 215 Å². The summed E-state index contributed by atoms with van der Waals surface area (Å²) in [5.41, 5.74) is 10.3. The van der Waals surface area contributed by atoms with Gasteiger partial charge in [-0.2, -0.15) is 0 Å². The predicted octanol–water partition coefficient (Wildman–Crippen LogP) is 8.24. The molecule has 0 amide bonds. The minimum Gasteiger partial charge on any atom is -0.222 e. The van der Waals surface area contributed by atoms with Crippen molar-refractivity contribution in [2.45, 2.75) is 46.7 Å². The van der Waals surface area contributed by atoms with Gasteiger partial charge >= 0.3 is 0 Å². The summed E-state index contributed by atoms with van der Waals surface area (Å²) in [7, 11) is 0. The molecule has 0 aliphatic rings. The number of benzene rings is 4. The lowest BCUT2D eigenvalue weighted by Gasteiger charge is -2.12. The van der Waals surface area contributed by atoms with Crippen LogP contribution >= 0.6 is 0 Å². The highest BCUT2D eigenvalue weighted by molar-refractivity contribution is 5.80. The number of hydrogen-bond acceptors (Lipinski definition) is 0. The maximum atomic E-state index is 2.60. The van der Waals surface area contributed by atoms with E-state index in [1.54, 1.807) is 0 Å². The second-order valence-corrected chi connectivity index (χ2v) is 9.60. The van der Waals surface area contributed by atoms with Gasteiger partial charge in [0.15, 0.2) is 11.4 Å². The van der Waals surface area contributed by atoms with E-state index in [0.29, 0.717) is 0 Å². The van der Waals surface area contributed by atoms with Crippen molar-refractivity contribution in [1.82, 2.24) is 4.57 Å². The first-order valence-electron chi connectivity index (χ1n) is 13.1. The topological polar surface area (TPSA) is 8.81 Å². The molecule has 2 heteroatoms. The Bertz CT molecular complexity index is 1410. The summed E-state index contributed by atoms with van der Waals surface area (Å²) in [5, 5.41) is 0. The number of unbranched alkanes of at least 4 members (excludes halogenated alkanes) is 1. The van der Waals surface area contributed by atoms with E-state index in [0.717, 1.165) is 25.9 Å². The Morgan fingerprint density at radius 3 is 1.78 bits per heavy atom. The summed E-state index contributed by atoms with van der Waals surface area (Å²) in [5.74, 6) is 1.29. The quantitative estimate of drug-likeness (QED) is 0.202. The average molecular weight is 472 g/mol. The molecule has 0 radical (unpaired) electrons. The summed E-state index contributed by atoms with van der Waals surface area (Å²) >= 11 is 0. The molecule has 0 atom stereocenters. The zero-order valence-electron chi connectivity index (χ0n) is 21.6. The molecule has 0 unspecified atom stereocenters. The van der Waals surface area contributed by atoms with Crippen LogP contribution in [0.25, 0.3) is 33.9 Å². The maximum absolute atomic E-state index is 2.60. The van der Waals surface area contributed by atoms with E-state index in [1.807, 2.05) is 0 Å². The molecule has 2 nitrogen and oxygen atoms in total. The minimum atomic E-state index is 0.813. The first-order chi connectivity index (χ1) is 17.7. The fourth-order valence-electron chi connectivity index (χ4n) is 5.28. The molecule has 0 fully saturated rings. The molecule has 4 aromatic carbocycles. The zero-order chi connectivity index (χ0) is 24.9. The molecule has 0 aliphatic carbocycles. The van der Waals surface area contributed by atoms with E-state index in [9.17, 15) is 0 Å². The Balaban J connectivity index is 1.93. The second-order valence-electron chi connectivity index (χ2n) is 9.60. The number of hydrogen-bond donors (Lipinski definition) is 0. The molecule has 0 saturated heterocycles. The van der Waals surface area contributed by atoms with E-state index >= 15 is 0 Å². The van der Waals surface area contributed by atoms with E-state index in [4.69, 9.17) is 0 Å². The smallest absolute Gasteiger partial charge is 0.222 e. The highest BCUT2D eigenvalue weighted by Crippen LogP contribution is 2.37. The van der Waals surface area contributed by atoms with Crippen molar-refractivity contribution in [3.05, 3.63) is 126 Å². The normalized spacial score (nSPS) is 11.1. The highest BCUT2D eigenvalue weighted by atomic mass is 15.2. The highest BCUT2D eigenvalue weighted by Gasteiger charge is 2.34. The molecule has 180 valence electrons. The minimum absolute atomic E-state index is 0.813. The Morgan fingerprint density at radius 2 is 1.19 bits per heavy atom. The van der Waals surface area contributed by atoms with Crippen LogP contribution in [-0.2, 0) is 13.1 Å². The fraction of sp³-hybridized carbons (Fsp3) is 0.206. The van der Waals surface area contributed by atoms with Gasteiger partial charge in [-0.3, -0.25) is 0 Å². The monoisotopic (exact) mass is 471 g/mol. The van der Waals surface area contributed by atoms with Crippen LogP contribution in [0.15, 0.2) is 109 Å². The van der Waals surface area contributed by atoms with Gasteiger partial charge in [0.05, 0.1) is 12.1 Å². The van der Waals surface area contributed by atoms with Crippen molar-refractivity contribution >= 4 is 0 Å². The summed E-state index contributed by atoms with van der Waals surface area (Å²) in [6.45, 7) is 8.56. The number of nitrogens with zero attached hydrogens (tertiary/aromatic N) is 2. The first-order valence-corrected chi connectivity index (χ1v) is 13.1. The molecule has 1 heterocycles. The van der Waals surface area contributed by atoms with E-state index in [2.05, 4.69) is 139 Å². The summed E-state index contributed by atoms with van der Waals surface area (Å²) in [6.07, 6.45) is 2.28. The van der Waals surface area contributed by atoms with E-state index in [1.165, 1.54) is 50.6 Å². The predicted molar refractivity (Wildman–Crippen MR) is 151 cm³/mol. The third-order valence-corrected chi connectivity index (χ3v) is 6.99. The third kappa shape index (κ3) is 4.64. The lowest BCUT2D eigenvalue weighted by molar-refractivity contribution is -0.666. The molecule has 0 aliphatic heterocycles. The Hall–Kier alpha value is -3.91. The molecule has 0 spiro atoms.